The number of anilines is 3. The van der Waals surface area contributed by atoms with Crippen molar-refractivity contribution in [3.63, 3.8) is 0 Å². The Balaban J connectivity index is 1.21. The highest BCUT2D eigenvalue weighted by Crippen LogP contribution is 2.67. The number of alkyl halides is 2. The predicted octanol–water partition coefficient (Wildman–Crippen LogP) is 9.11. The first kappa shape index (κ1) is 41.3. The summed E-state index contributed by atoms with van der Waals surface area (Å²) in [5, 5.41) is 20.0. The lowest BCUT2D eigenvalue weighted by molar-refractivity contribution is -0.125. The van der Waals surface area contributed by atoms with Gasteiger partial charge in [0.05, 0.1) is 36.0 Å². The summed E-state index contributed by atoms with van der Waals surface area (Å²) < 4.78 is 79.7. The van der Waals surface area contributed by atoms with E-state index in [-0.39, 0.29) is 38.4 Å². The van der Waals surface area contributed by atoms with Crippen LogP contribution in [0.15, 0.2) is 87.0 Å². The standard InChI is InChI=1S/C41H29BrCl2F5N5O6/c1-52(2)20-8-4-18(5-9-20)50-51-19-6-10-21(11-7-19)53-36(56)23-13-12-22-25(27(23)37(53)57)16-40(43)38(58)54(34-32(48)30(46)29(45)31(47)33(34)49)39(59)41(40,44)28(22)24-14-17(42)15-26(60-3)35(24)55/h4-12,14-15,23,25,27-28,55H,13,16H2,1-3H3/t23-,25+,27-,28+,40+,41-/m0/s1. The number of fused-ring (bicyclic) bond motifs is 4. The number of hydrogen-bond donors (Lipinski definition) is 1. The van der Waals surface area contributed by atoms with Gasteiger partial charge in [-0.15, -0.1) is 23.2 Å². The van der Waals surface area contributed by atoms with Crippen LogP contribution in [0.1, 0.15) is 24.3 Å². The van der Waals surface area contributed by atoms with E-state index in [9.17, 15) is 37.5 Å². The minimum absolute atomic E-state index is 0.107. The summed E-state index contributed by atoms with van der Waals surface area (Å²) in [5.41, 5.74) is 0.157. The lowest BCUT2D eigenvalue weighted by atomic mass is 9.56. The summed E-state index contributed by atoms with van der Waals surface area (Å²) in [6, 6.07) is 16.1. The second-order valence-corrected chi connectivity index (χ2v) is 17.0. The summed E-state index contributed by atoms with van der Waals surface area (Å²) in [7, 11) is 5.02. The van der Waals surface area contributed by atoms with Crippen LogP contribution in [-0.4, -0.2) is 59.7 Å². The number of carbonyl (C=O) groups is 4. The van der Waals surface area contributed by atoms with Crippen LogP contribution < -0.4 is 19.4 Å². The van der Waals surface area contributed by atoms with E-state index in [1.807, 2.05) is 31.1 Å². The highest BCUT2D eigenvalue weighted by Gasteiger charge is 2.77. The van der Waals surface area contributed by atoms with E-state index in [1.165, 1.54) is 37.5 Å². The maximum Gasteiger partial charge on any atom is 0.258 e. The molecule has 0 unspecified atom stereocenters. The molecule has 3 fully saturated rings. The molecule has 1 N–H and O–H groups in total. The molecule has 2 saturated heterocycles. The number of carbonyl (C=O) groups excluding carboxylic acids is 4. The molecule has 8 rings (SSSR count). The van der Waals surface area contributed by atoms with Gasteiger partial charge in [-0.25, -0.2) is 26.9 Å². The minimum atomic E-state index is -2.84. The van der Waals surface area contributed by atoms with Crippen molar-refractivity contribution in [3.05, 3.63) is 111 Å². The zero-order chi connectivity index (χ0) is 43.3. The number of hydrogen-bond acceptors (Lipinski definition) is 9. The van der Waals surface area contributed by atoms with Gasteiger partial charge in [-0.1, -0.05) is 27.6 Å². The molecule has 4 aromatic carbocycles. The van der Waals surface area contributed by atoms with Crippen molar-refractivity contribution < 1.29 is 51.0 Å². The molecule has 6 atom stereocenters. The molecular weight excluding hydrogens is 904 g/mol. The van der Waals surface area contributed by atoms with E-state index in [0.717, 1.165) is 10.6 Å². The lowest BCUT2D eigenvalue weighted by Crippen LogP contribution is -2.60. The average molecular weight is 934 g/mol. The van der Waals surface area contributed by atoms with E-state index in [2.05, 4.69) is 26.2 Å². The molecule has 0 bridgehead atoms. The van der Waals surface area contributed by atoms with Gasteiger partial charge in [0.25, 0.3) is 11.8 Å². The number of imide groups is 2. The Morgan fingerprint density at radius 1 is 0.800 bits per heavy atom. The van der Waals surface area contributed by atoms with Crippen LogP contribution in [0.2, 0.25) is 0 Å². The van der Waals surface area contributed by atoms with Gasteiger partial charge in [-0.2, -0.15) is 10.2 Å². The maximum atomic E-state index is 15.4. The lowest BCUT2D eigenvalue weighted by Gasteiger charge is -2.50. The summed E-state index contributed by atoms with van der Waals surface area (Å²) in [6.45, 7) is 0. The second kappa shape index (κ2) is 14.7. The first-order valence-corrected chi connectivity index (χ1v) is 19.6. The molecule has 2 aliphatic carbocycles. The summed E-state index contributed by atoms with van der Waals surface area (Å²) in [4.78, 5) is 54.7. The van der Waals surface area contributed by atoms with Crippen LogP contribution >= 0.6 is 39.1 Å². The van der Waals surface area contributed by atoms with Gasteiger partial charge in [0.2, 0.25) is 17.6 Å². The smallest absolute Gasteiger partial charge is 0.258 e. The number of ether oxygens (including phenoxy) is 1. The number of rotatable bonds is 7. The van der Waals surface area contributed by atoms with Crippen molar-refractivity contribution >= 4 is 91.2 Å². The molecule has 0 aromatic heterocycles. The van der Waals surface area contributed by atoms with Crippen molar-refractivity contribution in [1.82, 2.24) is 0 Å². The largest absolute Gasteiger partial charge is 0.504 e. The van der Waals surface area contributed by atoms with Crippen molar-refractivity contribution in [2.24, 2.45) is 28.0 Å². The van der Waals surface area contributed by atoms with Gasteiger partial charge in [0.1, 0.15) is 5.69 Å². The quantitative estimate of drug-likeness (QED) is 0.0372. The third-order valence-electron chi connectivity index (χ3n) is 11.6. The number of allylic oxidation sites excluding steroid dienone is 2. The Morgan fingerprint density at radius 3 is 1.93 bits per heavy atom. The Labute approximate surface area is 356 Å². The molecule has 0 radical (unpaired) electrons. The number of amides is 4. The minimum Gasteiger partial charge on any atom is -0.504 e. The third-order valence-corrected chi connectivity index (χ3v) is 13.4. The fourth-order valence-electron chi connectivity index (χ4n) is 8.74. The van der Waals surface area contributed by atoms with Gasteiger partial charge < -0.3 is 14.7 Å². The molecule has 2 heterocycles. The SMILES string of the molecule is COc1cc(Br)cc([C@H]2C3=CC[C@@H]4C(=O)N(c5ccc(N=Nc6ccc(N(C)C)cc6)cc5)C(=O)[C@@H]4[C@@H]3C[C@@]3(Cl)C(=O)N(c4c(F)c(F)c(F)c(F)c4F)C(=O)[C@@]23Cl)c1O. The highest BCUT2D eigenvalue weighted by molar-refractivity contribution is 9.10. The number of phenolic OH excluding ortho intramolecular Hbond substituents is 1. The van der Waals surface area contributed by atoms with Crippen LogP contribution in [0.4, 0.5) is 50.4 Å². The molecule has 310 valence electrons. The Kier molecular flexibility index (Phi) is 10.1. The number of aromatic hydroxyl groups is 1. The number of phenols is 1. The molecule has 60 heavy (non-hydrogen) atoms. The molecule has 4 aromatic rings. The Hall–Kier alpha value is -5.39. The first-order valence-electron chi connectivity index (χ1n) is 18.1. The summed E-state index contributed by atoms with van der Waals surface area (Å²) in [5.74, 6) is -23.1. The van der Waals surface area contributed by atoms with Crippen LogP contribution in [0.5, 0.6) is 11.5 Å². The third kappa shape index (κ3) is 5.86. The fourth-order valence-corrected chi connectivity index (χ4v) is 10.1. The number of methoxy groups -OCH3 is 1. The molecule has 19 heteroatoms. The normalized spacial score (nSPS) is 26.1. The van der Waals surface area contributed by atoms with Gasteiger partial charge in [0.15, 0.2) is 44.5 Å². The van der Waals surface area contributed by atoms with Gasteiger partial charge in [-0.3, -0.25) is 24.1 Å². The molecule has 11 nitrogen and oxygen atoms in total. The van der Waals surface area contributed by atoms with Crippen molar-refractivity contribution in [1.29, 1.82) is 0 Å². The van der Waals surface area contributed by atoms with Crippen LogP contribution in [0, 0.1) is 46.8 Å². The molecule has 4 aliphatic rings. The predicted molar refractivity (Wildman–Crippen MR) is 213 cm³/mol. The van der Waals surface area contributed by atoms with Crippen LogP contribution in [-0.2, 0) is 19.2 Å². The van der Waals surface area contributed by atoms with E-state index in [0.29, 0.717) is 11.4 Å². The van der Waals surface area contributed by atoms with Crippen LogP contribution in [0.3, 0.4) is 0 Å². The first-order chi connectivity index (χ1) is 28.4. The number of benzene rings is 4. The zero-order valence-corrected chi connectivity index (χ0v) is 34.4. The van der Waals surface area contributed by atoms with Gasteiger partial charge in [0, 0.05) is 35.7 Å². The number of halogens is 8. The van der Waals surface area contributed by atoms with E-state index >= 15 is 8.78 Å². The summed E-state index contributed by atoms with van der Waals surface area (Å²) in [6.07, 6.45) is 0.697. The Bertz CT molecular complexity index is 2590. The van der Waals surface area contributed by atoms with Gasteiger partial charge >= 0.3 is 0 Å². The van der Waals surface area contributed by atoms with Crippen LogP contribution in [0.25, 0.3) is 0 Å². The second-order valence-electron chi connectivity index (χ2n) is 14.9. The molecule has 4 amide bonds. The average Bonchev–Trinajstić information content (AvgIpc) is 3.57. The summed E-state index contributed by atoms with van der Waals surface area (Å²) >= 11 is 17.7. The van der Waals surface area contributed by atoms with E-state index in [1.54, 1.807) is 24.3 Å². The van der Waals surface area contributed by atoms with Gasteiger partial charge in [-0.05, 0) is 79.4 Å². The van der Waals surface area contributed by atoms with Crippen molar-refractivity contribution in [2.45, 2.75) is 28.5 Å². The number of nitrogens with zero attached hydrogens (tertiary/aromatic N) is 5. The monoisotopic (exact) mass is 931 g/mol. The van der Waals surface area contributed by atoms with Crippen molar-refractivity contribution in [2.75, 3.05) is 35.9 Å². The molecule has 1 saturated carbocycles. The number of azo groups is 1. The topological polar surface area (TPSA) is 132 Å². The maximum absolute atomic E-state index is 15.4. The molecular formula is C41H29BrCl2F5N5O6. The van der Waals surface area contributed by atoms with Crippen molar-refractivity contribution in [3.8, 4) is 11.5 Å². The zero-order valence-electron chi connectivity index (χ0n) is 31.3. The van der Waals surface area contributed by atoms with E-state index in [4.69, 9.17) is 27.9 Å². The van der Waals surface area contributed by atoms with E-state index < -0.39 is 104 Å². The highest BCUT2D eigenvalue weighted by atomic mass is 79.9. The molecule has 0 spiro atoms. The molecule has 2 aliphatic heterocycles. The fraction of sp³-hybridized carbons (Fsp3) is 0.268. The Morgan fingerprint density at radius 2 is 1.37 bits per heavy atom.